The van der Waals surface area contributed by atoms with Crippen LogP contribution in [0.1, 0.15) is 278 Å². The van der Waals surface area contributed by atoms with E-state index in [0.29, 0.717) is 32.1 Å². The number of esters is 3. The highest BCUT2D eigenvalue weighted by molar-refractivity contribution is 5.71. The van der Waals surface area contributed by atoms with E-state index in [0.717, 1.165) is 141 Å². The number of hydrogen-bond donors (Lipinski definition) is 0. The first-order chi connectivity index (χ1) is 36.8. The fraction of sp³-hybridized carbons (Fsp3) is 0.947. The Hall–Kier alpha value is -2.07. The van der Waals surface area contributed by atoms with Gasteiger partial charge in [-0.1, -0.05) is 156 Å². The highest BCUT2D eigenvalue weighted by atomic mass is 17.3. The molecule has 18 heteroatoms. The van der Waals surface area contributed by atoms with Gasteiger partial charge < -0.3 is 33.2 Å². The topological polar surface area (TPSA) is 190 Å². The zero-order valence-electron chi connectivity index (χ0n) is 46.7. The molecule has 4 fully saturated rings. The summed E-state index contributed by atoms with van der Waals surface area (Å²) in [5.41, 5.74) is 0. The fourth-order valence-electron chi connectivity index (χ4n) is 9.35. The standard InChI is InChI=1S/C57H102O18/c1-4-7-10-12-20-29-38-50-64-52(70-68-50)40-31-22-14-17-26-34-47(58)61-44-46(63-49(60)36-28-19-16-24-32-41-53-65-51(69-71-53)39-30-21-13-11-8-5-2)45-62-48(59)35-27-18-15-23-33-42-55-67-57(75-73-55)43-56-66-54(72-74-56)37-25-9-6-3/h46,50-57H,4-45H2,1-3H3. The van der Waals surface area contributed by atoms with Crippen molar-refractivity contribution in [2.24, 2.45) is 0 Å². The molecule has 18 nitrogen and oxygen atoms in total. The Bertz CT molecular complexity index is 1410. The molecule has 0 bridgehead atoms. The zero-order chi connectivity index (χ0) is 53.2. The minimum absolute atomic E-state index is 0.174. The first-order valence-electron chi connectivity index (χ1n) is 30.2. The molecule has 0 aromatic heterocycles. The van der Waals surface area contributed by atoms with Gasteiger partial charge in [-0.2, -0.15) is 0 Å². The van der Waals surface area contributed by atoms with Crippen molar-refractivity contribution in [3.63, 3.8) is 0 Å². The summed E-state index contributed by atoms with van der Waals surface area (Å²) in [5.74, 6) is -1.16. The third kappa shape index (κ3) is 33.2. The van der Waals surface area contributed by atoms with Gasteiger partial charge in [0.2, 0.25) is 0 Å². The Morgan fingerprint density at radius 1 is 0.307 bits per heavy atom. The molecule has 4 rings (SSSR count). The third-order valence-electron chi connectivity index (χ3n) is 13.9. The van der Waals surface area contributed by atoms with Gasteiger partial charge >= 0.3 is 17.9 Å². The number of hydrogen-bond acceptors (Lipinski definition) is 18. The maximum absolute atomic E-state index is 13.0. The van der Waals surface area contributed by atoms with E-state index in [1.807, 2.05) is 0 Å². The molecular weight excluding hydrogens is 973 g/mol. The average molecular weight is 1080 g/mol. The van der Waals surface area contributed by atoms with E-state index in [9.17, 15) is 14.4 Å². The molecule has 0 N–H and O–H groups in total. The number of ether oxygens (including phenoxy) is 7. The van der Waals surface area contributed by atoms with E-state index in [2.05, 4.69) is 20.8 Å². The number of carbonyl (C=O) groups excluding carboxylic acids is 3. The Labute approximate surface area is 450 Å². The van der Waals surface area contributed by atoms with Crippen LogP contribution in [0.2, 0.25) is 0 Å². The molecule has 4 heterocycles. The van der Waals surface area contributed by atoms with Gasteiger partial charge in [-0.15, -0.1) is 0 Å². The van der Waals surface area contributed by atoms with Gasteiger partial charge in [0, 0.05) is 57.8 Å². The first-order valence-corrected chi connectivity index (χ1v) is 30.2. The van der Waals surface area contributed by atoms with Crippen LogP contribution in [0.25, 0.3) is 0 Å². The first kappa shape index (κ1) is 65.4. The Morgan fingerprint density at radius 2 is 0.547 bits per heavy atom. The second-order valence-corrected chi connectivity index (χ2v) is 21.0. The van der Waals surface area contributed by atoms with Gasteiger partial charge in [0.1, 0.15) is 13.2 Å². The van der Waals surface area contributed by atoms with Crippen molar-refractivity contribution in [2.75, 3.05) is 13.2 Å². The van der Waals surface area contributed by atoms with Crippen molar-refractivity contribution < 1.29 is 86.6 Å². The van der Waals surface area contributed by atoms with Crippen LogP contribution in [0, 0.1) is 0 Å². The molecule has 75 heavy (non-hydrogen) atoms. The summed E-state index contributed by atoms with van der Waals surface area (Å²) < 4.78 is 40.3. The fourth-order valence-corrected chi connectivity index (χ4v) is 9.35. The van der Waals surface area contributed by atoms with Crippen LogP contribution in [0.5, 0.6) is 0 Å². The van der Waals surface area contributed by atoms with Gasteiger partial charge in [0.05, 0.1) is 6.42 Å². The molecule has 0 aromatic rings. The van der Waals surface area contributed by atoms with E-state index in [1.54, 1.807) is 0 Å². The monoisotopic (exact) mass is 1070 g/mol. The molecule has 4 aliphatic heterocycles. The molecule has 0 aliphatic carbocycles. The molecule has 0 saturated carbocycles. The normalized spacial score (nSPS) is 24.0. The second kappa shape index (κ2) is 43.8. The summed E-state index contributed by atoms with van der Waals surface area (Å²) in [6, 6.07) is 0. The Kier molecular flexibility index (Phi) is 38.2. The van der Waals surface area contributed by atoms with Crippen molar-refractivity contribution >= 4 is 17.9 Å². The van der Waals surface area contributed by atoms with E-state index in [-0.39, 0.29) is 75.9 Å². The van der Waals surface area contributed by atoms with Gasteiger partial charge in [-0.05, 0) is 57.8 Å². The summed E-state index contributed by atoms with van der Waals surface area (Å²) in [7, 11) is 0. The lowest BCUT2D eigenvalue weighted by molar-refractivity contribution is -0.321. The van der Waals surface area contributed by atoms with Crippen LogP contribution in [0.15, 0.2) is 0 Å². The smallest absolute Gasteiger partial charge is 0.306 e. The van der Waals surface area contributed by atoms with Crippen LogP contribution in [0.4, 0.5) is 0 Å². The van der Waals surface area contributed by atoms with Crippen molar-refractivity contribution in [3.05, 3.63) is 0 Å². The SMILES string of the molecule is CCCCCCCCC1OOC(CCCCCCCC(=O)OCC(COC(=O)CCCCCCCC2OOC(CC3OOC(CCCCC)O3)O2)OC(=O)CCCCCCCC2OOC(CCCCCCCC)O2)O1. The van der Waals surface area contributed by atoms with Crippen LogP contribution >= 0.6 is 0 Å². The second-order valence-electron chi connectivity index (χ2n) is 21.0. The van der Waals surface area contributed by atoms with Crippen molar-refractivity contribution in [3.8, 4) is 0 Å². The van der Waals surface area contributed by atoms with Gasteiger partial charge in [0.25, 0.3) is 0 Å². The summed E-state index contributed by atoms with van der Waals surface area (Å²) in [5, 5.41) is 0. The number of carbonyl (C=O) groups is 3. The molecule has 9 unspecified atom stereocenters. The lowest BCUT2D eigenvalue weighted by Gasteiger charge is -2.18. The lowest BCUT2D eigenvalue weighted by Crippen LogP contribution is -2.30. The molecule has 4 aliphatic rings. The van der Waals surface area contributed by atoms with E-state index < -0.39 is 30.9 Å². The minimum Gasteiger partial charge on any atom is -0.462 e. The van der Waals surface area contributed by atoms with E-state index >= 15 is 0 Å². The predicted molar refractivity (Wildman–Crippen MR) is 277 cm³/mol. The predicted octanol–water partition coefficient (Wildman–Crippen LogP) is 14.2. The van der Waals surface area contributed by atoms with E-state index in [4.69, 9.17) is 72.3 Å². The maximum Gasteiger partial charge on any atom is 0.306 e. The van der Waals surface area contributed by atoms with Gasteiger partial charge in [-0.25, -0.2) is 39.1 Å². The molecule has 9 atom stereocenters. The molecule has 0 spiro atoms. The van der Waals surface area contributed by atoms with Crippen molar-refractivity contribution in [2.45, 2.75) is 334 Å². The minimum atomic E-state index is -0.888. The van der Waals surface area contributed by atoms with Crippen LogP contribution in [-0.2, 0) is 86.6 Å². The summed E-state index contributed by atoms with van der Waals surface area (Å²) >= 11 is 0. The lowest BCUT2D eigenvalue weighted by atomic mass is 10.1. The Balaban J connectivity index is 1.04. The van der Waals surface area contributed by atoms with Crippen molar-refractivity contribution in [1.29, 1.82) is 0 Å². The average Bonchev–Trinajstić information content (AvgIpc) is 4.26. The molecule has 0 aromatic carbocycles. The number of unbranched alkanes of at least 4 members (excludes halogenated alkanes) is 24. The van der Waals surface area contributed by atoms with E-state index in [1.165, 1.54) is 64.2 Å². The number of rotatable bonds is 49. The molecular formula is C57H102O18. The zero-order valence-corrected chi connectivity index (χ0v) is 46.7. The largest absolute Gasteiger partial charge is 0.462 e. The van der Waals surface area contributed by atoms with Crippen LogP contribution in [0.3, 0.4) is 0 Å². The molecule has 0 amide bonds. The molecule has 0 radical (unpaired) electrons. The van der Waals surface area contributed by atoms with Gasteiger partial charge in [0.15, 0.2) is 56.4 Å². The van der Waals surface area contributed by atoms with Crippen LogP contribution in [-0.4, -0.2) is 87.5 Å². The quantitative estimate of drug-likeness (QED) is 0.0242. The highest BCUT2D eigenvalue weighted by Gasteiger charge is 2.36. The summed E-state index contributed by atoms with van der Waals surface area (Å²) in [4.78, 5) is 81.3. The Morgan fingerprint density at radius 3 is 0.880 bits per heavy atom. The summed E-state index contributed by atoms with van der Waals surface area (Å²) in [6.45, 7) is 6.25. The third-order valence-corrected chi connectivity index (χ3v) is 13.9. The molecule has 438 valence electrons. The van der Waals surface area contributed by atoms with Crippen LogP contribution < -0.4 is 0 Å². The maximum atomic E-state index is 13.0. The van der Waals surface area contributed by atoms with Gasteiger partial charge in [-0.3, -0.25) is 14.4 Å². The van der Waals surface area contributed by atoms with Crippen molar-refractivity contribution in [1.82, 2.24) is 0 Å². The highest BCUT2D eigenvalue weighted by Crippen LogP contribution is 2.29. The summed E-state index contributed by atoms with van der Waals surface area (Å²) in [6.07, 6.45) is 32.9. The molecule has 4 saturated heterocycles.